The van der Waals surface area contributed by atoms with E-state index in [0.29, 0.717) is 135 Å². The van der Waals surface area contributed by atoms with Gasteiger partial charge in [-0.1, -0.05) is 79.1 Å². The van der Waals surface area contributed by atoms with Crippen molar-refractivity contribution in [2.75, 3.05) is 155 Å². The Bertz CT molecular complexity index is 2920. The van der Waals surface area contributed by atoms with Crippen LogP contribution in [-0.2, 0) is 152 Å². The van der Waals surface area contributed by atoms with Gasteiger partial charge in [-0.2, -0.15) is 0 Å². The summed E-state index contributed by atoms with van der Waals surface area (Å²) in [5.41, 5.74) is 18.0. The molecule has 0 aromatic carbocycles. The van der Waals surface area contributed by atoms with Gasteiger partial charge in [-0.3, -0.25) is 86.4 Å². The van der Waals surface area contributed by atoms with Crippen molar-refractivity contribution in [2.45, 2.75) is 291 Å². The van der Waals surface area contributed by atoms with Gasteiger partial charge in [-0.05, 0) is 96.3 Å². The van der Waals surface area contributed by atoms with Crippen LogP contribution in [0.15, 0.2) is 0 Å². The fraction of sp³-hybridized carbons (Fsp3) is 0.784. The van der Waals surface area contributed by atoms with Crippen LogP contribution in [0.2, 0.25) is 0 Å². The average Bonchev–Trinajstić information content (AvgIpc) is 0.875. The molecule has 0 aliphatic carbocycles. The van der Waals surface area contributed by atoms with Crippen molar-refractivity contribution >= 4 is 112 Å². The van der Waals surface area contributed by atoms with E-state index in [-0.39, 0.29) is 269 Å². The van der Waals surface area contributed by atoms with Crippen LogP contribution in [0.1, 0.15) is 291 Å². The van der Waals surface area contributed by atoms with Gasteiger partial charge in [0.05, 0.1) is 96.9 Å². The number of Topliss-reactive ketones (excluding diaryl/α,β-unsaturated/α-hetero) is 5. The van der Waals surface area contributed by atoms with Gasteiger partial charge in [0.1, 0.15) is 23.1 Å². The number of nitrogens with one attached hydrogen (secondary N) is 12. The molecule has 40 heteroatoms. The third-order valence-electron chi connectivity index (χ3n) is 19.3. The third kappa shape index (κ3) is 92.8. The molecule has 14 N–H and O–H groups in total. The monoisotopic (exact) mass is 2160 g/mol. The summed E-state index contributed by atoms with van der Waals surface area (Å²) >= 11 is 0. The largest absolute Gasteiger partial charge is 0.668 e. The first-order valence-corrected chi connectivity index (χ1v) is 44.7. The first-order chi connectivity index (χ1) is 59.7. The molecule has 0 saturated carbocycles. The second-order valence-electron chi connectivity index (χ2n) is 30.5. The van der Waals surface area contributed by atoms with Crippen LogP contribution in [0.25, 0.3) is 11.5 Å². The number of hydrogen-bond acceptors (Lipinski definition) is 24. The summed E-state index contributed by atoms with van der Waals surface area (Å²) in [4.78, 5) is 224. The molecule has 740 valence electrons. The number of primary amides is 1. The van der Waals surface area contributed by atoms with Crippen LogP contribution in [0.5, 0.6) is 0 Å². The normalized spacial score (nSPS) is 10.8. The van der Waals surface area contributed by atoms with Crippen molar-refractivity contribution < 1.29 is 152 Å². The van der Waals surface area contributed by atoms with Gasteiger partial charge in [0.25, 0.3) is 0 Å². The van der Waals surface area contributed by atoms with Crippen LogP contribution >= 0.6 is 0 Å². The molecule has 0 aliphatic rings. The molecule has 1 unspecified atom stereocenters. The maximum absolute atomic E-state index is 12.9. The van der Waals surface area contributed by atoms with E-state index in [9.17, 15) is 91.1 Å². The van der Waals surface area contributed by atoms with Crippen molar-refractivity contribution in [1.82, 2.24) is 63.0 Å². The van der Waals surface area contributed by atoms with Gasteiger partial charge < -0.3 is 104 Å². The molecule has 0 saturated heterocycles. The maximum atomic E-state index is 12.9. The summed E-state index contributed by atoms with van der Waals surface area (Å²) in [6.07, 6.45) is 23.7. The number of nitrogens with zero attached hydrogens (tertiary/aromatic N) is 2. The number of nitrogens with two attached hydrogens (primary N) is 1. The number of ketones is 5. The molecule has 0 radical (unpaired) electrons. The van der Waals surface area contributed by atoms with Crippen molar-refractivity contribution in [1.29, 1.82) is 0 Å². The summed E-state index contributed by atoms with van der Waals surface area (Å²) in [6.45, 7) is 5.42. The van der Waals surface area contributed by atoms with E-state index in [0.717, 1.165) is 109 Å². The van der Waals surface area contributed by atoms with Crippen molar-refractivity contribution in [3.05, 3.63) is 11.5 Å². The molecular formula is C88H161N15O23W2-2. The average molecular weight is 2170 g/mol. The Labute approximate surface area is 790 Å². The standard InChI is InChI=1S/C29H51N5O7.C28H52N6O6.C20H37N3O8.C10H19NO2.CH4.2W/c1-30-25(37)15-8-5-4-7-14-24(36)21-34(22-28(40)33-20-12-6-9-16-26(38)31-2)29(41)19-18-23(35)13-10-11-17-27(39)32-3;1-29-24(36)15-9-5-4-8-14-23(35)20-34(21-27(39)32-18-12-6-10-16-25(37)30-2)22-28(40)33-19-13-7-11-17-26(38)31-3;1-3-16(24)4-8-28-12-20(13-29-9-5-17(21)25,14-30-10-6-18(22)26)15-31-11-7-19(27)23-2;1-2-9(12)7-5-3-4-6-8-10(11)13;;;/h4-22H2,1-3H3,(H,30,37)(H,31,38)(H,32,39)(H,33,40);4-22H2,1-3H3,(H,29,36)(H,30,37)(H,31,38)(H,32,39)(H,33,40);3-15H2,1-2H3,(H5,21,22,23,25,26,27);2-8H2,1H3,(H2,11,13);1H4;;/p-2. The molecule has 1 atom stereocenters. The number of amides is 14. The van der Waals surface area contributed by atoms with E-state index in [1.165, 1.54) is 11.9 Å². The van der Waals surface area contributed by atoms with Crippen molar-refractivity contribution in [3.63, 3.8) is 0 Å². The van der Waals surface area contributed by atoms with Gasteiger partial charge >= 0.3 is 0 Å². The first-order valence-electron chi connectivity index (χ1n) is 44.7. The second-order valence-corrected chi connectivity index (χ2v) is 30.5. The number of unbranched alkanes of at least 4 members (excludes halogenated alkanes) is 16. The number of ether oxygens (including phenoxy) is 4. The summed E-state index contributed by atoms with van der Waals surface area (Å²) in [6, 6.07) is 0. The Kier molecular flexibility index (Phi) is 97.6. The zero-order valence-electron chi connectivity index (χ0n) is 77.7. The molecular weight excluding hydrogens is 2000 g/mol. The minimum absolute atomic E-state index is 0. The van der Waals surface area contributed by atoms with E-state index < -0.39 is 29.0 Å². The molecule has 0 rings (SSSR count). The molecule has 38 nitrogen and oxygen atoms in total. The van der Waals surface area contributed by atoms with E-state index in [1.54, 1.807) is 54.1 Å². The molecule has 0 aliphatic heterocycles. The zero-order valence-corrected chi connectivity index (χ0v) is 83.6. The number of rotatable bonds is 79. The fourth-order valence-corrected chi connectivity index (χ4v) is 11.6. The van der Waals surface area contributed by atoms with E-state index >= 15 is 0 Å². The minimum atomic E-state index is -0.805. The Morgan fingerprint density at radius 1 is 0.273 bits per heavy atom. The molecule has 0 fully saturated rings. The van der Waals surface area contributed by atoms with E-state index in [1.807, 2.05) is 6.92 Å². The topological polar surface area (TPSA) is 562 Å². The SMILES string of the molecule is C.CCC(=O)CCCCCCC([NH-])=O.CCC(=O)CCOCC(COCCC([NH-])=O)(COCCC(N)=O)COCCC(=O)NC.CNC(=O)CCCCCCC(=O)CN(CC(=O)NCCCCCC(=O)NC)C(=O)CCC(=O)CCCCC(=O)NC.CNC(=O)CCCCCCC(=O)CN(CC(=O)NCCCCCC(=O)NC)CC(=O)NCCCCCC(=O)NC.[W].[W]. The van der Waals surface area contributed by atoms with E-state index in [2.05, 4.69) is 53.2 Å². The summed E-state index contributed by atoms with van der Waals surface area (Å²) in [5.74, 6) is -3.21. The minimum Gasteiger partial charge on any atom is -0.668 e. The Morgan fingerprint density at radius 2 is 0.539 bits per heavy atom. The predicted octanol–water partition coefficient (Wildman–Crippen LogP) is 6.24. The van der Waals surface area contributed by atoms with Gasteiger partial charge in [0.2, 0.25) is 70.9 Å². The Balaban J connectivity index is -0.000000319. The Morgan fingerprint density at radius 3 is 0.883 bits per heavy atom. The van der Waals surface area contributed by atoms with Crippen LogP contribution in [0, 0.1) is 5.41 Å². The fourth-order valence-electron chi connectivity index (χ4n) is 11.6. The molecule has 0 heterocycles. The first kappa shape index (κ1) is 133. The van der Waals surface area contributed by atoms with E-state index in [4.69, 9.17) is 36.1 Å². The summed E-state index contributed by atoms with van der Waals surface area (Å²) in [5, 5.41) is 26.3. The number of hydrogen-bond donors (Lipinski definition) is 11. The summed E-state index contributed by atoms with van der Waals surface area (Å²) < 4.78 is 22.5. The molecule has 128 heavy (non-hydrogen) atoms. The molecule has 14 amide bonds. The Hall–Kier alpha value is -7.89. The number of carbonyl (C=O) groups is 19. The number of carbonyl (C=O) groups excluding carboxylic acids is 19. The molecule has 0 aromatic heterocycles. The summed E-state index contributed by atoms with van der Waals surface area (Å²) in [7, 11) is 11.1. The predicted molar refractivity (Wildman–Crippen MR) is 481 cm³/mol. The second kappa shape index (κ2) is 93.8. The molecule has 0 aromatic rings. The van der Waals surface area contributed by atoms with Crippen LogP contribution in [0.3, 0.4) is 0 Å². The zero-order chi connectivity index (χ0) is 94.5. The molecule has 0 spiro atoms. The van der Waals surface area contributed by atoms with Gasteiger partial charge in [0.15, 0.2) is 5.78 Å². The third-order valence-corrected chi connectivity index (χ3v) is 19.3. The van der Waals surface area contributed by atoms with Gasteiger partial charge in [-0.15, -0.1) is 0 Å². The van der Waals surface area contributed by atoms with Gasteiger partial charge in [0, 0.05) is 233 Å². The maximum Gasteiger partial charge on any atom is 0.239 e. The van der Waals surface area contributed by atoms with Crippen LogP contribution < -0.4 is 58.9 Å². The van der Waals surface area contributed by atoms with Gasteiger partial charge in [-0.25, -0.2) is 0 Å². The van der Waals surface area contributed by atoms with Crippen molar-refractivity contribution in [2.24, 2.45) is 11.1 Å². The van der Waals surface area contributed by atoms with Crippen molar-refractivity contribution in [3.8, 4) is 0 Å². The quantitative estimate of drug-likeness (QED) is 0.0300. The van der Waals surface area contributed by atoms with Crippen LogP contribution in [0.4, 0.5) is 0 Å². The molecule has 0 bridgehead atoms. The smallest absolute Gasteiger partial charge is 0.239 e. The van der Waals surface area contributed by atoms with Crippen LogP contribution in [-0.4, -0.2) is 276 Å².